The molecule has 0 atom stereocenters. The second-order valence-corrected chi connectivity index (χ2v) is 4.96. The topological polar surface area (TPSA) is 88.2 Å². The summed E-state index contributed by atoms with van der Waals surface area (Å²) in [5, 5.41) is 9.37. The average Bonchev–Trinajstić information content (AvgIpc) is 2.82. The number of nitrogen functional groups attached to an aromatic ring is 1. The van der Waals surface area contributed by atoms with Crippen LogP contribution in [-0.4, -0.2) is 45.5 Å². The molecule has 1 aromatic rings. The highest BCUT2D eigenvalue weighted by molar-refractivity contribution is 7.99. The second kappa shape index (κ2) is 6.02. The Bertz CT molecular complexity index is 370. The Balaban J connectivity index is 2.05. The SMILES string of the molecule is Nc1nc(SCCCO)nc(N2CCCC2)n1. The molecular weight excluding hydrogens is 238 g/mol. The number of aliphatic hydroxyl groups is 1. The van der Waals surface area contributed by atoms with Crippen LogP contribution in [0.3, 0.4) is 0 Å². The van der Waals surface area contributed by atoms with Gasteiger partial charge in [0.15, 0.2) is 5.16 Å². The Labute approximate surface area is 105 Å². The third-order valence-electron chi connectivity index (χ3n) is 2.54. The maximum atomic E-state index is 8.73. The number of nitrogens with two attached hydrogens (primary N) is 1. The Kier molecular flexibility index (Phi) is 4.38. The van der Waals surface area contributed by atoms with Crippen LogP contribution < -0.4 is 10.6 Å². The molecule has 94 valence electrons. The van der Waals surface area contributed by atoms with Gasteiger partial charge in [0.1, 0.15) is 0 Å². The van der Waals surface area contributed by atoms with E-state index in [9.17, 15) is 0 Å². The van der Waals surface area contributed by atoms with Gasteiger partial charge in [0.25, 0.3) is 0 Å². The zero-order chi connectivity index (χ0) is 12.1. The Hall–Kier alpha value is -1.08. The lowest BCUT2D eigenvalue weighted by atomic mass is 10.4. The summed E-state index contributed by atoms with van der Waals surface area (Å²) in [6.45, 7) is 2.17. The normalized spacial score (nSPS) is 15.5. The van der Waals surface area contributed by atoms with Crippen LogP contribution in [0.4, 0.5) is 11.9 Å². The van der Waals surface area contributed by atoms with Crippen LogP contribution in [0.5, 0.6) is 0 Å². The lowest BCUT2D eigenvalue weighted by Gasteiger charge is -2.15. The number of hydrogen-bond acceptors (Lipinski definition) is 7. The zero-order valence-electron chi connectivity index (χ0n) is 9.67. The molecule has 1 aliphatic heterocycles. The summed E-state index contributed by atoms with van der Waals surface area (Å²) in [4.78, 5) is 14.8. The maximum Gasteiger partial charge on any atom is 0.231 e. The van der Waals surface area contributed by atoms with Crippen LogP contribution >= 0.6 is 11.8 Å². The summed E-state index contributed by atoms with van der Waals surface area (Å²) < 4.78 is 0. The molecule has 0 aromatic carbocycles. The molecule has 0 amide bonds. The molecule has 17 heavy (non-hydrogen) atoms. The maximum absolute atomic E-state index is 8.73. The highest BCUT2D eigenvalue weighted by Gasteiger charge is 2.16. The quantitative estimate of drug-likeness (QED) is 0.586. The lowest BCUT2D eigenvalue weighted by Crippen LogP contribution is -2.21. The van der Waals surface area contributed by atoms with Gasteiger partial charge in [0, 0.05) is 25.4 Å². The first-order valence-corrected chi connectivity index (χ1v) is 6.78. The standard InChI is InChI=1S/C10H17N5OS/c11-8-12-9(15-4-1-2-5-15)14-10(13-8)17-7-3-6-16/h16H,1-7H2,(H2,11,12,13,14). The number of thioether (sulfide) groups is 1. The zero-order valence-corrected chi connectivity index (χ0v) is 10.5. The van der Waals surface area contributed by atoms with E-state index in [2.05, 4.69) is 19.9 Å². The Morgan fingerprint density at radius 2 is 2.00 bits per heavy atom. The number of hydrogen-bond donors (Lipinski definition) is 2. The molecular formula is C10H17N5OS. The third-order valence-corrected chi connectivity index (χ3v) is 3.48. The molecule has 0 unspecified atom stereocenters. The summed E-state index contributed by atoms with van der Waals surface area (Å²) in [5.74, 6) is 1.74. The van der Waals surface area contributed by atoms with Gasteiger partial charge in [-0.25, -0.2) is 0 Å². The predicted molar refractivity (Wildman–Crippen MR) is 68.1 cm³/mol. The van der Waals surface area contributed by atoms with E-state index in [1.54, 1.807) is 0 Å². The summed E-state index contributed by atoms with van der Waals surface area (Å²) in [5.41, 5.74) is 5.68. The molecule has 1 aliphatic rings. The first-order valence-electron chi connectivity index (χ1n) is 5.80. The first kappa shape index (κ1) is 12.4. The highest BCUT2D eigenvalue weighted by Crippen LogP contribution is 2.20. The van der Waals surface area contributed by atoms with Crippen LogP contribution in [0.1, 0.15) is 19.3 Å². The van der Waals surface area contributed by atoms with Gasteiger partial charge in [-0.05, 0) is 19.3 Å². The molecule has 0 aliphatic carbocycles. The average molecular weight is 255 g/mol. The minimum Gasteiger partial charge on any atom is -0.396 e. The summed E-state index contributed by atoms with van der Waals surface area (Å²) in [6, 6.07) is 0. The van der Waals surface area contributed by atoms with Gasteiger partial charge < -0.3 is 15.7 Å². The molecule has 0 bridgehead atoms. The molecule has 6 nitrogen and oxygen atoms in total. The second-order valence-electron chi connectivity index (χ2n) is 3.90. The summed E-state index contributed by atoms with van der Waals surface area (Å²) >= 11 is 1.50. The largest absolute Gasteiger partial charge is 0.396 e. The number of aromatic nitrogens is 3. The van der Waals surface area contributed by atoms with Crippen LogP contribution in [0.25, 0.3) is 0 Å². The molecule has 1 aromatic heterocycles. The first-order chi connectivity index (χ1) is 8.29. The molecule has 2 rings (SSSR count). The van der Waals surface area contributed by atoms with Gasteiger partial charge in [-0.3, -0.25) is 0 Å². The van der Waals surface area contributed by atoms with Crippen molar-refractivity contribution < 1.29 is 5.11 Å². The molecule has 7 heteroatoms. The van der Waals surface area contributed by atoms with Crippen LogP contribution in [0, 0.1) is 0 Å². The monoisotopic (exact) mass is 255 g/mol. The van der Waals surface area contributed by atoms with Gasteiger partial charge in [0.05, 0.1) is 0 Å². The molecule has 0 saturated carbocycles. The highest BCUT2D eigenvalue weighted by atomic mass is 32.2. The molecule has 1 saturated heterocycles. The minimum absolute atomic E-state index is 0.187. The van der Waals surface area contributed by atoms with Crippen molar-refractivity contribution >= 4 is 23.7 Å². The third kappa shape index (κ3) is 3.44. The fourth-order valence-electron chi connectivity index (χ4n) is 1.71. The van der Waals surface area contributed by atoms with Crippen molar-refractivity contribution in [2.45, 2.75) is 24.4 Å². The van der Waals surface area contributed by atoms with E-state index in [-0.39, 0.29) is 12.6 Å². The Morgan fingerprint density at radius 3 is 2.71 bits per heavy atom. The van der Waals surface area contributed by atoms with E-state index >= 15 is 0 Å². The van der Waals surface area contributed by atoms with Crippen LogP contribution in [0.2, 0.25) is 0 Å². The number of anilines is 2. The van der Waals surface area contributed by atoms with Crippen molar-refractivity contribution in [3.8, 4) is 0 Å². The summed E-state index contributed by atoms with van der Waals surface area (Å²) in [7, 11) is 0. The predicted octanol–water partition coefficient (Wildman–Crippen LogP) is 0.528. The molecule has 0 spiro atoms. The van der Waals surface area contributed by atoms with E-state index in [4.69, 9.17) is 10.8 Å². The van der Waals surface area contributed by atoms with Crippen molar-refractivity contribution in [3.05, 3.63) is 0 Å². The molecule has 2 heterocycles. The van der Waals surface area contributed by atoms with Crippen molar-refractivity contribution in [1.29, 1.82) is 0 Å². The van der Waals surface area contributed by atoms with Crippen molar-refractivity contribution in [1.82, 2.24) is 15.0 Å². The summed E-state index contributed by atoms with van der Waals surface area (Å²) in [6.07, 6.45) is 3.09. The smallest absolute Gasteiger partial charge is 0.231 e. The van der Waals surface area contributed by atoms with Crippen molar-refractivity contribution in [2.75, 3.05) is 36.1 Å². The van der Waals surface area contributed by atoms with Gasteiger partial charge in [-0.15, -0.1) is 0 Å². The molecule has 1 fully saturated rings. The van der Waals surface area contributed by atoms with E-state index in [0.717, 1.165) is 25.3 Å². The van der Waals surface area contributed by atoms with E-state index in [1.165, 1.54) is 24.6 Å². The Morgan fingerprint density at radius 1 is 1.24 bits per heavy atom. The molecule has 0 radical (unpaired) electrons. The minimum atomic E-state index is 0.187. The van der Waals surface area contributed by atoms with Crippen LogP contribution in [0.15, 0.2) is 5.16 Å². The fraction of sp³-hybridized carbons (Fsp3) is 0.700. The number of aliphatic hydroxyl groups excluding tert-OH is 1. The van der Waals surface area contributed by atoms with E-state index < -0.39 is 0 Å². The number of nitrogens with zero attached hydrogens (tertiary/aromatic N) is 4. The van der Waals surface area contributed by atoms with Crippen molar-refractivity contribution in [2.24, 2.45) is 0 Å². The van der Waals surface area contributed by atoms with Crippen molar-refractivity contribution in [3.63, 3.8) is 0 Å². The van der Waals surface area contributed by atoms with E-state index in [1.807, 2.05) is 0 Å². The lowest BCUT2D eigenvalue weighted by molar-refractivity contribution is 0.296. The fourth-order valence-corrected chi connectivity index (χ4v) is 2.47. The van der Waals surface area contributed by atoms with E-state index in [0.29, 0.717) is 11.1 Å². The van der Waals surface area contributed by atoms with Gasteiger partial charge in [0.2, 0.25) is 11.9 Å². The van der Waals surface area contributed by atoms with Crippen LogP contribution in [-0.2, 0) is 0 Å². The van der Waals surface area contributed by atoms with Gasteiger partial charge in [-0.2, -0.15) is 15.0 Å². The van der Waals surface area contributed by atoms with Gasteiger partial charge >= 0.3 is 0 Å². The van der Waals surface area contributed by atoms with Gasteiger partial charge in [-0.1, -0.05) is 11.8 Å². The number of rotatable bonds is 5. The molecule has 3 N–H and O–H groups in total.